The molecule has 2 unspecified atom stereocenters. The number of fused-ring (bicyclic) bond motifs is 4. The molecule has 10 rings (SSSR count). The molecule has 2 aromatic carbocycles. The summed E-state index contributed by atoms with van der Waals surface area (Å²) in [6.45, 7) is 14.9. The number of aryl methyl sites for hydroxylation is 1. The van der Waals surface area contributed by atoms with Crippen molar-refractivity contribution in [3.05, 3.63) is 88.8 Å². The zero-order valence-corrected chi connectivity index (χ0v) is 44.7. The first-order valence-corrected chi connectivity index (χ1v) is 30.6. The quantitative estimate of drug-likeness (QED) is 0.0461. The van der Waals surface area contributed by atoms with Crippen molar-refractivity contribution < 1.29 is 38.0 Å². The fourth-order valence-corrected chi connectivity index (χ4v) is 11.7. The van der Waals surface area contributed by atoms with E-state index >= 15 is 0 Å². The minimum atomic E-state index is -1.33. The van der Waals surface area contributed by atoms with E-state index in [4.69, 9.17) is 60.5 Å². The molecule has 8 heterocycles. The Kier molecular flexibility index (Phi) is 16.5. The molecule has 6 aromatic rings. The summed E-state index contributed by atoms with van der Waals surface area (Å²) in [4.78, 5) is 32.8. The third-order valence-electron chi connectivity index (χ3n) is 15.0. The number of carbonyl (C=O) groups is 1. The minimum Gasteiger partial charge on any atom is -0.494 e. The van der Waals surface area contributed by atoms with Crippen LogP contribution >= 0.6 is 11.6 Å². The molecular weight excluding hydrogens is 962 g/mol. The number of nitrogens with one attached hydrogen (secondary N) is 1. The second-order valence-corrected chi connectivity index (χ2v) is 27.6. The smallest absolute Gasteiger partial charge is 0.301 e. The van der Waals surface area contributed by atoms with Crippen molar-refractivity contribution >= 4 is 47.6 Å². The normalized spacial score (nSPS) is 21.7. The predicted molar refractivity (Wildman–Crippen MR) is 286 cm³/mol. The molecule has 3 saturated heterocycles. The maximum absolute atomic E-state index is 12.5. The number of amides is 1. The van der Waals surface area contributed by atoms with E-state index in [2.05, 4.69) is 65.8 Å². The van der Waals surface area contributed by atoms with Crippen molar-refractivity contribution in [2.75, 3.05) is 46.1 Å². The highest BCUT2D eigenvalue weighted by Crippen LogP contribution is 2.37. The van der Waals surface area contributed by atoms with Crippen LogP contribution < -0.4 is 15.2 Å². The third-order valence-corrected chi connectivity index (χ3v) is 17.0. The summed E-state index contributed by atoms with van der Waals surface area (Å²) in [6.07, 6.45) is 14.2. The maximum Gasteiger partial charge on any atom is 0.301 e. The van der Waals surface area contributed by atoms with Gasteiger partial charge >= 0.3 is 6.01 Å². The number of unbranched alkanes of at least 4 members (excludes halogenated alkanes) is 3. The van der Waals surface area contributed by atoms with Gasteiger partial charge in [0.25, 0.3) is 0 Å². The van der Waals surface area contributed by atoms with Gasteiger partial charge in [0.2, 0.25) is 5.91 Å². The van der Waals surface area contributed by atoms with Crippen LogP contribution in [0.2, 0.25) is 30.7 Å². The fraction of sp³-hybridized carbons (Fsp3) is 0.536. The van der Waals surface area contributed by atoms with Gasteiger partial charge in [-0.15, -0.1) is 0 Å². The highest BCUT2D eigenvalue weighted by atomic mass is 35.5. The Balaban J connectivity index is 0.694. The molecule has 0 saturated carbocycles. The largest absolute Gasteiger partial charge is 0.494 e. The third kappa shape index (κ3) is 12.5. The summed E-state index contributed by atoms with van der Waals surface area (Å²) in [6, 6.07) is 17.8. The number of ether oxygens (including phenoxy) is 7. The summed E-state index contributed by atoms with van der Waals surface area (Å²) in [7, 11) is -1.33. The molecule has 0 radical (unpaired) electrons. The van der Waals surface area contributed by atoms with Crippen LogP contribution in [0.4, 0.5) is 0 Å². The Hall–Kier alpha value is -4.91. The molecule has 1 amide bonds. The second kappa shape index (κ2) is 23.3. The Morgan fingerprint density at radius 3 is 2.53 bits per heavy atom. The molecule has 6 atom stereocenters. The van der Waals surface area contributed by atoms with Gasteiger partial charge in [-0.1, -0.05) is 68.7 Å². The molecule has 390 valence electrons. The first-order valence-electron chi connectivity index (χ1n) is 26.5. The Labute approximate surface area is 434 Å². The van der Waals surface area contributed by atoms with Crippen LogP contribution in [0.3, 0.4) is 0 Å². The van der Waals surface area contributed by atoms with E-state index in [1.54, 1.807) is 0 Å². The van der Waals surface area contributed by atoms with E-state index in [0.29, 0.717) is 73.1 Å². The van der Waals surface area contributed by atoms with Gasteiger partial charge in [-0.3, -0.25) is 19.2 Å². The highest BCUT2D eigenvalue weighted by molar-refractivity contribution is 6.76. The van der Waals surface area contributed by atoms with Gasteiger partial charge < -0.3 is 43.9 Å². The lowest BCUT2D eigenvalue weighted by molar-refractivity contribution is -0.202. The Bertz CT molecular complexity index is 2830. The number of H-pyrrole nitrogens is 1. The molecule has 0 spiro atoms. The zero-order valence-electron chi connectivity index (χ0n) is 42.9. The van der Waals surface area contributed by atoms with Gasteiger partial charge in [0.05, 0.1) is 42.3 Å². The fourth-order valence-electron chi connectivity index (χ4n) is 10.7. The van der Waals surface area contributed by atoms with Gasteiger partial charge in [-0.05, 0) is 117 Å². The lowest BCUT2D eigenvalue weighted by Gasteiger charge is -2.29. The Morgan fingerprint density at radius 2 is 1.73 bits per heavy atom. The molecular formula is C56H72ClN7O8Si. The van der Waals surface area contributed by atoms with E-state index in [-0.39, 0.29) is 43.2 Å². The average Bonchev–Trinajstić information content (AvgIpc) is 4.17. The van der Waals surface area contributed by atoms with Crippen LogP contribution in [0.15, 0.2) is 67.1 Å². The molecule has 15 nitrogen and oxygen atoms in total. The number of aromatic nitrogens is 5. The minimum absolute atomic E-state index is 0.208. The van der Waals surface area contributed by atoms with Gasteiger partial charge in [0, 0.05) is 69.2 Å². The van der Waals surface area contributed by atoms with Crippen molar-refractivity contribution in [1.29, 1.82) is 0 Å². The number of hydrogen-bond donors (Lipinski definition) is 2. The number of primary amides is 1. The highest BCUT2D eigenvalue weighted by Gasteiger charge is 2.51. The number of carbonyl (C=O) groups excluding carboxylic acids is 1. The molecule has 3 fully saturated rings. The number of hydrogen-bond acceptors (Lipinski definition) is 12. The van der Waals surface area contributed by atoms with Crippen molar-refractivity contribution in [3.8, 4) is 34.1 Å². The van der Waals surface area contributed by atoms with Crippen LogP contribution in [0.1, 0.15) is 74.5 Å². The molecule has 3 N–H and O–H groups in total. The number of imidazole rings is 1. The summed E-state index contributed by atoms with van der Waals surface area (Å²) in [5, 5.41) is 1.71. The zero-order chi connectivity index (χ0) is 50.5. The van der Waals surface area contributed by atoms with Crippen LogP contribution in [0.5, 0.6) is 11.8 Å². The van der Waals surface area contributed by atoms with Crippen molar-refractivity contribution in [2.45, 2.75) is 141 Å². The number of halogens is 1. The van der Waals surface area contributed by atoms with E-state index in [0.717, 1.165) is 94.5 Å². The van der Waals surface area contributed by atoms with Crippen LogP contribution in [0, 0.1) is 12.8 Å². The molecule has 0 aliphatic carbocycles. The molecule has 4 aromatic heterocycles. The second-order valence-electron chi connectivity index (χ2n) is 21.6. The summed E-state index contributed by atoms with van der Waals surface area (Å²) >= 11 is 6.94. The van der Waals surface area contributed by atoms with Crippen molar-refractivity contribution in [1.82, 2.24) is 29.4 Å². The number of aromatic amines is 1. The topological polar surface area (TPSA) is 170 Å². The molecule has 0 bridgehead atoms. The summed E-state index contributed by atoms with van der Waals surface area (Å²) in [5.74, 6) is 0.181. The van der Waals surface area contributed by atoms with Gasteiger partial charge in [-0.25, -0.2) is 4.98 Å². The monoisotopic (exact) mass is 1030 g/mol. The summed E-state index contributed by atoms with van der Waals surface area (Å²) < 4.78 is 45.5. The standard InChI is InChI=1S/C56H72ClN7O8Si/c1-36-29-60-46-31-59-30-43(50(36)46)40-13-14-41-32-63(22-19-39(41)27-40)21-9-6-5-7-11-38(54(58)65)20-24-67-42-17-15-37(16-18-42)51-44(57)28-45-55(62-51)64(35-66-25-26-73(2,3)4)56(61-45)72-48-34-70-52-47(33-69-53(48)52)71-49-12-8-10-23-68-49/h13-18,27-31,38,47-49,52-53,60H,5-12,19-26,32-35H2,1-4H3,(H2,58,65)/t38?,47-,48-,49?,52-,53-/m1/s1. The van der Waals surface area contributed by atoms with Crippen molar-refractivity contribution in [3.63, 3.8) is 0 Å². The van der Waals surface area contributed by atoms with E-state index in [1.807, 2.05) is 47.3 Å². The SMILES string of the molecule is Cc1c[nH]c2cncc(-c3ccc4c(c3)CCN(CCCCCCC(CCOc3ccc(-c5nc6c(cc5Cl)nc(O[C@@H]5CO[C@H]7[C@@H]5OC[C@H]7OC5CCCCO5)n6COCC[Si](C)(C)C)cc3)C(N)=O)C4)c12. The van der Waals surface area contributed by atoms with Crippen LogP contribution in [-0.2, 0) is 48.2 Å². The lowest BCUT2D eigenvalue weighted by atomic mass is 9.93. The van der Waals surface area contributed by atoms with E-state index in [9.17, 15) is 4.79 Å². The molecule has 17 heteroatoms. The number of nitrogens with zero attached hydrogens (tertiary/aromatic N) is 5. The van der Waals surface area contributed by atoms with Crippen LogP contribution in [0.25, 0.3) is 44.5 Å². The summed E-state index contributed by atoms with van der Waals surface area (Å²) in [5.41, 5.74) is 16.1. The van der Waals surface area contributed by atoms with Gasteiger partial charge in [0.1, 0.15) is 36.3 Å². The number of rotatable bonds is 23. The number of nitrogens with two attached hydrogens (primary N) is 1. The van der Waals surface area contributed by atoms with E-state index < -0.39 is 14.2 Å². The molecule has 73 heavy (non-hydrogen) atoms. The number of benzene rings is 2. The molecule has 4 aliphatic rings. The average molecular weight is 1030 g/mol. The van der Waals surface area contributed by atoms with Crippen molar-refractivity contribution in [2.24, 2.45) is 11.7 Å². The first kappa shape index (κ1) is 51.6. The van der Waals surface area contributed by atoms with Gasteiger partial charge in [-0.2, -0.15) is 4.98 Å². The molecule has 4 aliphatic heterocycles. The van der Waals surface area contributed by atoms with Crippen LogP contribution in [-0.4, -0.2) is 120 Å². The van der Waals surface area contributed by atoms with E-state index in [1.165, 1.54) is 33.2 Å². The number of pyridine rings is 2. The predicted octanol–water partition coefficient (Wildman–Crippen LogP) is 10.3. The maximum atomic E-state index is 12.5. The lowest BCUT2D eigenvalue weighted by Crippen LogP contribution is -2.38. The first-order chi connectivity index (χ1) is 35.4. The Morgan fingerprint density at radius 1 is 0.918 bits per heavy atom. The van der Waals surface area contributed by atoms with Gasteiger partial charge in [0.15, 0.2) is 18.0 Å².